The number of hydrogen-bond donors (Lipinski definition) is 1. The van der Waals surface area contributed by atoms with E-state index in [1.54, 1.807) is 12.3 Å². The standard InChI is InChI=1S/C16H16ClN5O2/c1-10-4-5-12(8-13(10)17)11(2)19-14(23)9-22-16(24)21-7-3-6-18-15(21)20-22/h3-8,11H,9H2,1-2H3,(H,19,23)/t11-/m0/s1. The number of amides is 1. The average molecular weight is 346 g/mol. The minimum atomic E-state index is -0.403. The van der Waals surface area contributed by atoms with Crippen molar-refractivity contribution in [2.45, 2.75) is 26.4 Å². The summed E-state index contributed by atoms with van der Waals surface area (Å²) in [5, 5.41) is 7.52. The second kappa shape index (κ2) is 6.45. The number of nitrogens with zero attached hydrogens (tertiary/aromatic N) is 4. The predicted octanol–water partition coefficient (Wildman–Crippen LogP) is 1.73. The average Bonchev–Trinajstić information content (AvgIpc) is 2.86. The van der Waals surface area contributed by atoms with E-state index in [0.717, 1.165) is 15.8 Å². The van der Waals surface area contributed by atoms with Crippen LogP contribution in [-0.2, 0) is 11.3 Å². The molecule has 2 aromatic heterocycles. The van der Waals surface area contributed by atoms with Crippen molar-refractivity contribution in [3.05, 3.63) is 63.3 Å². The summed E-state index contributed by atoms with van der Waals surface area (Å²) in [7, 11) is 0. The highest BCUT2D eigenvalue weighted by atomic mass is 35.5. The monoisotopic (exact) mass is 345 g/mol. The summed E-state index contributed by atoms with van der Waals surface area (Å²) in [6, 6.07) is 7.03. The number of nitrogens with one attached hydrogen (secondary N) is 1. The Hall–Kier alpha value is -2.67. The van der Waals surface area contributed by atoms with Crippen molar-refractivity contribution in [3.8, 4) is 0 Å². The lowest BCUT2D eigenvalue weighted by Crippen LogP contribution is -2.34. The first-order valence-electron chi connectivity index (χ1n) is 7.41. The number of aryl methyl sites for hydroxylation is 1. The summed E-state index contributed by atoms with van der Waals surface area (Å²) in [5.74, 6) is -0.0571. The molecule has 0 unspecified atom stereocenters. The maximum absolute atomic E-state index is 12.2. The van der Waals surface area contributed by atoms with Crippen LogP contribution in [0.3, 0.4) is 0 Å². The number of halogens is 1. The lowest BCUT2D eigenvalue weighted by molar-refractivity contribution is -0.122. The van der Waals surface area contributed by atoms with E-state index in [4.69, 9.17) is 11.6 Å². The highest BCUT2D eigenvalue weighted by molar-refractivity contribution is 6.31. The van der Waals surface area contributed by atoms with Crippen LogP contribution in [0.5, 0.6) is 0 Å². The molecule has 124 valence electrons. The molecule has 3 rings (SSSR count). The molecule has 0 fully saturated rings. The van der Waals surface area contributed by atoms with Gasteiger partial charge >= 0.3 is 5.69 Å². The van der Waals surface area contributed by atoms with Gasteiger partial charge in [-0.2, -0.15) is 0 Å². The molecule has 2 heterocycles. The van der Waals surface area contributed by atoms with E-state index in [2.05, 4.69) is 15.4 Å². The Labute approximate surface area is 142 Å². The molecule has 0 bridgehead atoms. The largest absolute Gasteiger partial charge is 0.352 e. The molecule has 0 radical (unpaired) electrons. The highest BCUT2D eigenvalue weighted by Gasteiger charge is 2.14. The second-order valence-corrected chi connectivity index (χ2v) is 5.93. The molecule has 0 aliphatic carbocycles. The quantitative estimate of drug-likeness (QED) is 0.780. The Balaban J connectivity index is 1.73. The maximum Gasteiger partial charge on any atom is 0.352 e. The minimum Gasteiger partial charge on any atom is -0.348 e. The summed E-state index contributed by atoms with van der Waals surface area (Å²) in [5.41, 5.74) is 1.46. The molecule has 1 N–H and O–H groups in total. The van der Waals surface area contributed by atoms with Gasteiger partial charge in [0.25, 0.3) is 5.78 Å². The lowest BCUT2D eigenvalue weighted by Gasteiger charge is -2.15. The van der Waals surface area contributed by atoms with Crippen molar-refractivity contribution < 1.29 is 4.79 Å². The van der Waals surface area contributed by atoms with Crippen molar-refractivity contribution >= 4 is 23.3 Å². The number of fused-ring (bicyclic) bond motifs is 1. The SMILES string of the molecule is Cc1ccc([C@H](C)NC(=O)Cn2nc3ncccn3c2=O)cc1Cl. The molecule has 0 aliphatic heterocycles. The van der Waals surface area contributed by atoms with Gasteiger partial charge in [-0.1, -0.05) is 23.7 Å². The van der Waals surface area contributed by atoms with Gasteiger partial charge in [0.05, 0.1) is 6.04 Å². The third-order valence-corrected chi connectivity index (χ3v) is 4.14. The van der Waals surface area contributed by atoms with Gasteiger partial charge in [0.2, 0.25) is 5.91 Å². The number of carbonyl (C=O) groups excluding carboxylic acids is 1. The molecular weight excluding hydrogens is 330 g/mol. The van der Waals surface area contributed by atoms with Gasteiger partial charge in [-0.05, 0) is 37.1 Å². The summed E-state index contributed by atoms with van der Waals surface area (Å²) in [6.45, 7) is 3.60. The fourth-order valence-corrected chi connectivity index (χ4v) is 2.54. The molecule has 1 amide bonds. The first-order chi connectivity index (χ1) is 11.5. The van der Waals surface area contributed by atoms with E-state index < -0.39 is 5.69 Å². The van der Waals surface area contributed by atoms with Crippen molar-refractivity contribution in [3.63, 3.8) is 0 Å². The van der Waals surface area contributed by atoms with E-state index in [-0.39, 0.29) is 24.3 Å². The van der Waals surface area contributed by atoms with Crippen molar-refractivity contribution in [2.24, 2.45) is 0 Å². The topological polar surface area (TPSA) is 81.3 Å². The first-order valence-corrected chi connectivity index (χ1v) is 7.79. The molecular formula is C16H16ClN5O2. The fourth-order valence-electron chi connectivity index (χ4n) is 2.35. The molecule has 0 saturated carbocycles. The smallest absolute Gasteiger partial charge is 0.348 e. The van der Waals surface area contributed by atoms with E-state index in [9.17, 15) is 9.59 Å². The number of aromatic nitrogens is 4. The molecule has 8 heteroatoms. The Kier molecular flexibility index (Phi) is 4.35. The van der Waals surface area contributed by atoms with Crippen LogP contribution in [-0.4, -0.2) is 25.1 Å². The normalized spacial score (nSPS) is 12.3. The van der Waals surface area contributed by atoms with Crippen molar-refractivity contribution in [1.82, 2.24) is 24.5 Å². The fraction of sp³-hybridized carbons (Fsp3) is 0.250. The number of hydrogen-bond acceptors (Lipinski definition) is 4. The van der Waals surface area contributed by atoms with Gasteiger partial charge in [0, 0.05) is 17.4 Å². The highest BCUT2D eigenvalue weighted by Crippen LogP contribution is 2.21. The third-order valence-electron chi connectivity index (χ3n) is 3.73. The van der Waals surface area contributed by atoms with Crippen LogP contribution >= 0.6 is 11.6 Å². The summed E-state index contributed by atoms with van der Waals surface area (Å²) in [4.78, 5) is 28.3. The van der Waals surface area contributed by atoms with Crippen LogP contribution in [0.25, 0.3) is 5.78 Å². The molecule has 1 atom stereocenters. The molecule has 0 spiro atoms. The second-order valence-electron chi connectivity index (χ2n) is 5.53. The van der Waals surface area contributed by atoms with Gasteiger partial charge in [-0.3, -0.25) is 4.79 Å². The molecule has 24 heavy (non-hydrogen) atoms. The van der Waals surface area contributed by atoms with Crippen LogP contribution in [0.15, 0.2) is 41.5 Å². The Morgan fingerprint density at radius 2 is 2.21 bits per heavy atom. The van der Waals surface area contributed by atoms with E-state index in [1.165, 1.54) is 10.6 Å². The third kappa shape index (κ3) is 3.16. The Morgan fingerprint density at radius 1 is 1.42 bits per heavy atom. The first kappa shape index (κ1) is 16.2. The zero-order valence-electron chi connectivity index (χ0n) is 13.2. The van der Waals surface area contributed by atoms with Crippen LogP contribution in [0.4, 0.5) is 0 Å². The summed E-state index contributed by atoms with van der Waals surface area (Å²) < 4.78 is 2.38. The van der Waals surface area contributed by atoms with E-state index >= 15 is 0 Å². The molecule has 7 nitrogen and oxygen atoms in total. The number of rotatable bonds is 4. The Bertz CT molecular complexity index is 963. The van der Waals surface area contributed by atoms with E-state index in [0.29, 0.717) is 5.02 Å². The number of carbonyl (C=O) groups is 1. The molecule has 3 aromatic rings. The Morgan fingerprint density at radius 3 is 2.92 bits per heavy atom. The zero-order chi connectivity index (χ0) is 17.3. The van der Waals surface area contributed by atoms with Crippen molar-refractivity contribution in [2.75, 3.05) is 0 Å². The van der Waals surface area contributed by atoms with Gasteiger partial charge in [0.1, 0.15) is 6.54 Å². The van der Waals surface area contributed by atoms with Gasteiger partial charge < -0.3 is 5.32 Å². The maximum atomic E-state index is 12.2. The van der Waals surface area contributed by atoms with Gasteiger partial charge in [-0.15, -0.1) is 5.10 Å². The van der Waals surface area contributed by atoms with Crippen LogP contribution in [0.2, 0.25) is 5.02 Å². The van der Waals surface area contributed by atoms with Crippen LogP contribution in [0, 0.1) is 6.92 Å². The zero-order valence-corrected chi connectivity index (χ0v) is 14.0. The van der Waals surface area contributed by atoms with Crippen molar-refractivity contribution in [1.29, 1.82) is 0 Å². The van der Waals surface area contributed by atoms with Crippen LogP contribution < -0.4 is 11.0 Å². The molecule has 0 saturated heterocycles. The minimum absolute atomic E-state index is 0.174. The lowest BCUT2D eigenvalue weighted by atomic mass is 10.1. The predicted molar refractivity (Wildman–Crippen MR) is 90.0 cm³/mol. The van der Waals surface area contributed by atoms with Gasteiger partial charge in [0.15, 0.2) is 0 Å². The van der Waals surface area contributed by atoms with Crippen LogP contribution in [0.1, 0.15) is 24.1 Å². The summed E-state index contributed by atoms with van der Waals surface area (Å²) in [6.07, 6.45) is 3.10. The van der Waals surface area contributed by atoms with E-state index in [1.807, 2.05) is 32.0 Å². The molecule has 0 aliphatic rings. The number of benzene rings is 1. The van der Waals surface area contributed by atoms with Gasteiger partial charge in [-0.25, -0.2) is 18.9 Å². The summed E-state index contributed by atoms with van der Waals surface area (Å²) >= 11 is 6.11. The molecule has 1 aromatic carbocycles.